The van der Waals surface area contributed by atoms with Crippen LogP contribution in [-0.4, -0.2) is 63.3 Å². The number of nitrogens with one attached hydrogen (secondary N) is 2. The Morgan fingerprint density at radius 2 is 2.04 bits per heavy atom. The first kappa shape index (κ1) is 18.5. The van der Waals surface area contributed by atoms with E-state index in [9.17, 15) is 0 Å². The quantitative estimate of drug-likeness (QED) is 0.347. The molecule has 1 aliphatic heterocycles. The average molecular weight is 325 g/mol. The first-order valence-corrected chi connectivity index (χ1v) is 9.60. The Morgan fingerprint density at radius 1 is 1.26 bits per heavy atom. The third kappa shape index (κ3) is 8.56. The number of hydrogen-bond acceptors (Lipinski definition) is 3. The normalized spacial score (nSPS) is 20.7. The maximum Gasteiger partial charge on any atom is 0.191 e. The Bertz CT molecular complexity index is 338. The van der Waals surface area contributed by atoms with Crippen LogP contribution >= 0.6 is 0 Å². The second-order valence-electron chi connectivity index (χ2n) is 7.13. The van der Waals surface area contributed by atoms with Crippen molar-refractivity contribution in [1.29, 1.82) is 0 Å². The summed E-state index contributed by atoms with van der Waals surface area (Å²) in [6, 6.07) is 0. The maximum absolute atomic E-state index is 5.67. The van der Waals surface area contributed by atoms with Gasteiger partial charge < -0.3 is 20.3 Å². The molecule has 0 aromatic rings. The minimum atomic E-state index is 0.616. The summed E-state index contributed by atoms with van der Waals surface area (Å²) in [5.41, 5.74) is 0. The number of likely N-dealkylation sites (tertiary alicyclic amines) is 1. The Morgan fingerprint density at radius 3 is 2.74 bits per heavy atom. The molecule has 1 heterocycles. The number of hydrogen-bond donors (Lipinski definition) is 2. The summed E-state index contributed by atoms with van der Waals surface area (Å²) in [7, 11) is 0. The van der Waals surface area contributed by atoms with Gasteiger partial charge in [0.2, 0.25) is 0 Å². The van der Waals surface area contributed by atoms with Gasteiger partial charge in [0, 0.05) is 39.4 Å². The molecule has 1 unspecified atom stereocenters. The third-order valence-electron chi connectivity index (χ3n) is 4.48. The Balaban J connectivity index is 1.56. The second kappa shape index (κ2) is 10.9. The van der Waals surface area contributed by atoms with Gasteiger partial charge in [0.15, 0.2) is 5.96 Å². The molecule has 0 aromatic heterocycles. The number of guanidine groups is 1. The van der Waals surface area contributed by atoms with Gasteiger partial charge in [-0.25, -0.2) is 0 Å². The summed E-state index contributed by atoms with van der Waals surface area (Å²) in [6.45, 7) is 12.7. The van der Waals surface area contributed by atoms with E-state index in [0.717, 1.165) is 51.1 Å². The van der Waals surface area contributed by atoms with E-state index in [1.165, 1.54) is 45.3 Å². The molecule has 1 saturated carbocycles. The third-order valence-corrected chi connectivity index (χ3v) is 4.48. The smallest absolute Gasteiger partial charge is 0.191 e. The molecule has 2 rings (SSSR count). The molecule has 2 N–H and O–H groups in total. The highest BCUT2D eigenvalue weighted by atomic mass is 16.5. The van der Waals surface area contributed by atoms with Gasteiger partial charge in [-0.1, -0.05) is 6.92 Å². The van der Waals surface area contributed by atoms with Gasteiger partial charge in [-0.2, -0.15) is 0 Å². The summed E-state index contributed by atoms with van der Waals surface area (Å²) >= 11 is 0. The zero-order valence-electron chi connectivity index (χ0n) is 15.1. The SMILES string of the molecule is CCNC(=NCC(C)CN1CCCC1)NCCCOCC1CC1. The van der Waals surface area contributed by atoms with Gasteiger partial charge in [0.25, 0.3) is 0 Å². The van der Waals surface area contributed by atoms with E-state index >= 15 is 0 Å². The minimum Gasteiger partial charge on any atom is -0.381 e. The summed E-state index contributed by atoms with van der Waals surface area (Å²) < 4.78 is 5.67. The van der Waals surface area contributed by atoms with E-state index < -0.39 is 0 Å². The summed E-state index contributed by atoms with van der Waals surface area (Å²) in [6.07, 6.45) is 6.50. The van der Waals surface area contributed by atoms with Crippen molar-refractivity contribution >= 4 is 5.96 Å². The first-order valence-electron chi connectivity index (χ1n) is 9.60. The maximum atomic E-state index is 5.67. The largest absolute Gasteiger partial charge is 0.381 e. The van der Waals surface area contributed by atoms with Gasteiger partial charge in [0.05, 0.1) is 0 Å². The fourth-order valence-corrected chi connectivity index (χ4v) is 2.97. The van der Waals surface area contributed by atoms with Crippen LogP contribution in [0.2, 0.25) is 0 Å². The summed E-state index contributed by atoms with van der Waals surface area (Å²) in [5, 5.41) is 6.75. The molecule has 2 aliphatic rings. The second-order valence-corrected chi connectivity index (χ2v) is 7.13. The molecule has 0 aromatic carbocycles. The van der Waals surface area contributed by atoms with Gasteiger partial charge in [-0.15, -0.1) is 0 Å². The molecule has 0 amide bonds. The van der Waals surface area contributed by atoms with Crippen molar-refractivity contribution in [1.82, 2.24) is 15.5 Å². The molecule has 1 saturated heterocycles. The lowest BCUT2D eigenvalue weighted by Gasteiger charge is -2.19. The van der Waals surface area contributed by atoms with E-state index in [1.807, 2.05) is 0 Å². The predicted octanol–water partition coefficient (Wildman–Crippen LogP) is 2.09. The van der Waals surface area contributed by atoms with Gasteiger partial charge in [-0.05, 0) is 64.0 Å². The van der Waals surface area contributed by atoms with Crippen LogP contribution in [0, 0.1) is 11.8 Å². The van der Waals surface area contributed by atoms with E-state index in [-0.39, 0.29) is 0 Å². The molecule has 5 nitrogen and oxygen atoms in total. The molecule has 0 radical (unpaired) electrons. The van der Waals surface area contributed by atoms with Crippen molar-refractivity contribution in [3.05, 3.63) is 0 Å². The average Bonchev–Trinajstić information content (AvgIpc) is 3.23. The first-order chi connectivity index (χ1) is 11.3. The lowest BCUT2D eigenvalue weighted by molar-refractivity contribution is 0.123. The van der Waals surface area contributed by atoms with Crippen LogP contribution in [-0.2, 0) is 4.74 Å². The molecule has 2 fully saturated rings. The van der Waals surface area contributed by atoms with Crippen LogP contribution in [0.25, 0.3) is 0 Å². The molecular formula is C18H36N4O. The van der Waals surface area contributed by atoms with Crippen molar-refractivity contribution in [2.24, 2.45) is 16.8 Å². The highest BCUT2D eigenvalue weighted by molar-refractivity contribution is 5.79. The Labute approximate surface area is 142 Å². The highest BCUT2D eigenvalue weighted by Gasteiger charge is 2.20. The molecule has 1 atom stereocenters. The summed E-state index contributed by atoms with van der Waals surface area (Å²) in [5.74, 6) is 2.42. The Hall–Kier alpha value is -0.810. The molecule has 1 aliphatic carbocycles. The van der Waals surface area contributed by atoms with Crippen LogP contribution in [0.15, 0.2) is 4.99 Å². The fourth-order valence-electron chi connectivity index (χ4n) is 2.97. The molecule has 5 heteroatoms. The van der Waals surface area contributed by atoms with Crippen LogP contribution in [0.4, 0.5) is 0 Å². The van der Waals surface area contributed by atoms with Crippen LogP contribution in [0.5, 0.6) is 0 Å². The minimum absolute atomic E-state index is 0.616. The zero-order chi connectivity index (χ0) is 16.3. The molecule has 0 spiro atoms. The van der Waals surface area contributed by atoms with Gasteiger partial charge in [-0.3, -0.25) is 4.99 Å². The lowest BCUT2D eigenvalue weighted by Crippen LogP contribution is -2.38. The highest BCUT2D eigenvalue weighted by Crippen LogP contribution is 2.28. The number of rotatable bonds is 11. The monoisotopic (exact) mass is 324 g/mol. The summed E-state index contributed by atoms with van der Waals surface area (Å²) in [4.78, 5) is 7.31. The Kier molecular flexibility index (Phi) is 8.76. The van der Waals surface area contributed by atoms with E-state index in [0.29, 0.717) is 5.92 Å². The van der Waals surface area contributed by atoms with Crippen molar-refractivity contribution in [3.8, 4) is 0 Å². The van der Waals surface area contributed by atoms with Crippen molar-refractivity contribution in [2.45, 2.75) is 46.0 Å². The van der Waals surface area contributed by atoms with Crippen LogP contribution in [0.3, 0.4) is 0 Å². The standard InChI is InChI=1S/C18H36N4O/c1-3-19-18(20-9-6-12-23-15-17-7-8-17)21-13-16(2)14-22-10-4-5-11-22/h16-17H,3-15H2,1-2H3,(H2,19,20,21). The van der Waals surface area contributed by atoms with Gasteiger partial charge in [0.1, 0.15) is 0 Å². The number of aliphatic imine (C=N–C) groups is 1. The van der Waals surface area contributed by atoms with Gasteiger partial charge >= 0.3 is 0 Å². The molecule has 0 bridgehead atoms. The molecular weight excluding hydrogens is 288 g/mol. The lowest BCUT2D eigenvalue weighted by atomic mass is 10.2. The van der Waals surface area contributed by atoms with Crippen molar-refractivity contribution < 1.29 is 4.74 Å². The van der Waals surface area contributed by atoms with Crippen LogP contribution < -0.4 is 10.6 Å². The predicted molar refractivity (Wildman–Crippen MR) is 97.0 cm³/mol. The van der Waals surface area contributed by atoms with E-state index in [4.69, 9.17) is 9.73 Å². The van der Waals surface area contributed by atoms with E-state index in [1.54, 1.807) is 0 Å². The van der Waals surface area contributed by atoms with Crippen molar-refractivity contribution in [2.75, 3.05) is 52.5 Å². The van der Waals surface area contributed by atoms with E-state index in [2.05, 4.69) is 29.4 Å². The fraction of sp³-hybridized carbons (Fsp3) is 0.944. The number of ether oxygens (including phenoxy) is 1. The van der Waals surface area contributed by atoms with Crippen LogP contribution in [0.1, 0.15) is 46.0 Å². The molecule has 23 heavy (non-hydrogen) atoms. The topological polar surface area (TPSA) is 48.9 Å². The number of nitrogens with zero attached hydrogens (tertiary/aromatic N) is 2. The molecule has 134 valence electrons. The van der Waals surface area contributed by atoms with Crippen molar-refractivity contribution in [3.63, 3.8) is 0 Å². The zero-order valence-corrected chi connectivity index (χ0v) is 15.1.